The second-order valence-electron chi connectivity index (χ2n) is 10.1. The summed E-state index contributed by atoms with van der Waals surface area (Å²) in [4.78, 5) is 33.6. The molecule has 0 saturated heterocycles. The summed E-state index contributed by atoms with van der Waals surface area (Å²) < 4.78 is 59.8. The first-order valence-corrected chi connectivity index (χ1v) is 15.1. The van der Waals surface area contributed by atoms with Crippen LogP contribution in [0.2, 0.25) is 0 Å². The highest BCUT2D eigenvalue weighted by molar-refractivity contribution is 7.87. The van der Waals surface area contributed by atoms with Crippen LogP contribution in [0.5, 0.6) is 5.75 Å². The molecule has 0 atom stereocenters. The number of aromatic amines is 1. The Labute approximate surface area is 255 Å². The lowest BCUT2D eigenvalue weighted by molar-refractivity contribution is 0.0948. The molecule has 6 aromatic rings. The van der Waals surface area contributed by atoms with Crippen LogP contribution >= 0.6 is 0 Å². The quantitative estimate of drug-likeness (QED) is 0.207. The highest BCUT2D eigenvalue weighted by atomic mass is 32.2. The minimum absolute atomic E-state index is 0.0208. The smallest absolute Gasteiger partial charge is 0.339 e. The number of carbonyl (C=O) groups is 1. The molecule has 3 heterocycles. The third-order valence-corrected chi connectivity index (χ3v) is 8.28. The van der Waals surface area contributed by atoms with E-state index in [-0.39, 0.29) is 29.3 Å². The van der Waals surface area contributed by atoms with Gasteiger partial charge in [0.25, 0.3) is 11.5 Å². The van der Waals surface area contributed by atoms with E-state index in [9.17, 15) is 26.8 Å². The predicted octanol–water partition coefficient (Wildman–Crippen LogP) is 5.42. The van der Waals surface area contributed by atoms with Gasteiger partial charge in [-0.15, -0.1) is 0 Å². The van der Waals surface area contributed by atoms with Gasteiger partial charge in [-0.3, -0.25) is 9.59 Å². The second kappa shape index (κ2) is 12.2. The number of pyridine rings is 2. The summed E-state index contributed by atoms with van der Waals surface area (Å²) in [5, 5.41) is 3.50. The molecule has 0 bridgehead atoms. The molecule has 6 rings (SSSR count). The zero-order chi connectivity index (χ0) is 31.6. The highest BCUT2D eigenvalue weighted by Gasteiger charge is 2.19. The van der Waals surface area contributed by atoms with Crippen molar-refractivity contribution in [2.24, 2.45) is 0 Å². The van der Waals surface area contributed by atoms with Crippen molar-refractivity contribution in [3.05, 3.63) is 148 Å². The molecule has 226 valence electrons. The van der Waals surface area contributed by atoms with Gasteiger partial charge in [-0.1, -0.05) is 24.3 Å². The minimum atomic E-state index is -4.17. The fourth-order valence-electron chi connectivity index (χ4n) is 4.87. The number of hydrogen-bond donors (Lipinski definition) is 2. The molecular weight excluding hydrogens is 602 g/mol. The topological polar surface area (TPSA) is 123 Å². The normalized spacial score (nSPS) is 11.4. The van der Waals surface area contributed by atoms with Gasteiger partial charge in [-0.05, 0) is 83.4 Å². The van der Waals surface area contributed by atoms with Gasteiger partial charge in [0.15, 0.2) is 11.6 Å². The van der Waals surface area contributed by atoms with E-state index in [1.165, 1.54) is 47.2 Å². The average Bonchev–Trinajstić information content (AvgIpc) is 3.47. The maximum atomic E-state index is 13.7. The molecule has 0 aliphatic rings. The van der Waals surface area contributed by atoms with E-state index in [1.807, 2.05) is 6.07 Å². The zero-order valence-electron chi connectivity index (χ0n) is 23.4. The van der Waals surface area contributed by atoms with E-state index < -0.39 is 33.2 Å². The number of carbonyl (C=O) groups excluding carboxylic acids is 1. The van der Waals surface area contributed by atoms with E-state index in [1.54, 1.807) is 48.8 Å². The summed E-state index contributed by atoms with van der Waals surface area (Å²) in [5.74, 6) is -2.70. The van der Waals surface area contributed by atoms with Gasteiger partial charge in [-0.2, -0.15) is 8.42 Å². The molecule has 0 fully saturated rings. The number of nitrogens with zero attached hydrogens (tertiary/aromatic N) is 2. The second-order valence-corrected chi connectivity index (χ2v) is 11.7. The lowest BCUT2D eigenvalue weighted by Gasteiger charge is -2.13. The number of halogens is 2. The maximum absolute atomic E-state index is 13.7. The Morgan fingerprint density at radius 2 is 1.73 bits per heavy atom. The lowest BCUT2D eigenvalue weighted by atomic mass is 10.0. The Kier molecular flexibility index (Phi) is 7.97. The standard InChI is InChI=1S/C33H24F2N4O5S/c34-29-11-10-21(16-30(29)35)20-39-13-5-9-27(33(39)41)32(40)38-18-22-14-23(28-19-37-31-26(28)8-4-12-36-31)17-24(15-22)44-45(42,43)25-6-2-1-3-7-25/h1-17,19H,18,20H2,(H,36,37)(H,38,40). The molecule has 0 unspecified atom stereocenters. The molecule has 1 amide bonds. The monoisotopic (exact) mass is 626 g/mol. The van der Waals surface area contributed by atoms with Crippen LogP contribution in [0.15, 0.2) is 119 Å². The fourth-order valence-corrected chi connectivity index (χ4v) is 5.81. The van der Waals surface area contributed by atoms with Gasteiger partial charge in [0, 0.05) is 36.1 Å². The molecule has 0 spiro atoms. The first-order chi connectivity index (χ1) is 21.7. The number of nitrogens with one attached hydrogen (secondary N) is 2. The van der Waals surface area contributed by atoms with Crippen LogP contribution < -0.4 is 15.1 Å². The number of benzene rings is 3. The predicted molar refractivity (Wildman–Crippen MR) is 163 cm³/mol. The molecule has 2 N–H and O–H groups in total. The van der Waals surface area contributed by atoms with Crippen LogP contribution in [-0.4, -0.2) is 28.9 Å². The van der Waals surface area contributed by atoms with Crippen LogP contribution in [0.3, 0.4) is 0 Å². The Bertz CT molecular complexity index is 2220. The van der Waals surface area contributed by atoms with Crippen molar-refractivity contribution in [2.45, 2.75) is 18.0 Å². The highest BCUT2D eigenvalue weighted by Crippen LogP contribution is 2.32. The molecule has 12 heteroatoms. The Hall–Kier alpha value is -5.62. The van der Waals surface area contributed by atoms with Crippen LogP contribution in [0.1, 0.15) is 21.5 Å². The molecular formula is C33H24F2N4O5S. The molecule has 0 radical (unpaired) electrons. The van der Waals surface area contributed by atoms with Crippen LogP contribution in [0, 0.1) is 11.6 Å². The largest absolute Gasteiger partial charge is 0.379 e. The third kappa shape index (κ3) is 6.36. The maximum Gasteiger partial charge on any atom is 0.339 e. The van der Waals surface area contributed by atoms with Gasteiger partial charge < -0.3 is 19.1 Å². The zero-order valence-corrected chi connectivity index (χ0v) is 24.2. The van der Waals surface area contributed by atoms with E-state index in [0.717, 1.165) is 23.1 Å². The van der Waals surface area contributed by atoms with Gasteiger partial charge in [0.1, 0.15) is 21.9 Å². The van der Waals surface area contributed by atoms with E-state index in [4.69, 9.17) is 4.18 Å². The fraction of sp³-hybridized carbons (Fsp3) is 0.0606. The van der Waals surface area contributed by atoms with E-state index in [0.29, 0.717) is 22.3 Å². The van der Waals surface area contributed by atoms with E-state index in [2.05, 4.69) is 15.3 Å². The van der Waals surface area contributed by atoms with Crippen molar-refractivity contribution in [1.82, 2.24) is 19.9 Å². The third-order valence-electron chi connectivity index (χ3n) is 7.02. The first kappa shape index (κ1) is 29.5. The molecule has 3 aromatic heterocycles. The van der Waals surface area contributed by atoms with Gasteiger partial charge in [-0.25, -0.2) is 13.8 Å². The summed E-state index contributed by atoms with van der Waals surface area (Å²) in [5.41, 5.74) is 2.02. The van der Waals surface area contributed by atoms with Crippen molar-refractivity contribution in [1.29, 1.82) is 0 Å². The van der Waals surface area contributed by atoms with Crippen molar-refractivity contribution in [3.63, 3.8) is 0 Å². The first-order valence-electron chi connectivity index (χ1n) is 13.7. The number of hydrogen-bond acceptors (Lipinski definition) is 6. The van der Waals surface area contributed by atoms with Gasteiger partial charge >= 0.3 is 10.1 Å². The number of fused-ring (bicyclic) bond motifs is 1. The molecule has 0 aliphatic heterocycles. The number of H-pyrrole nitrogens is 1. The van der Waals surface area contributed by atoms with Crippen molar-refractivity contribution >= 4 is 27.1 Å². The number of aromatic nitrogens is 3. The number of rotatable bonds is 9. The molecule has 9 nitrogen and oxygen atoms in total. The SMILES string of the molecule is O=C(NCc1cc(OS(=O)(=O)c2ccccc2)cc(-c2c[nH]c3ncccc23)c1)c1cccn(Cc2ccc(F)c(F)c2)c1=O. The van der Waals surface area contributed by atoms with Crippen LogP contribution in [0.25, 0.3) is 22.2 Å². The van der Waals surface area contributed by atoms with Gasteiger partial charge in [0.2, 0.25) is 0 Å². The summed E-state index contributed by atoms with van der Waals surface area (Å²) in [6.07, 6.45) is 4.83. The summed E-state index contributed by atoms with van der Waals surface area (Å²) in [6, 6.07) is 22.4. The summed E-state index contributed by atoms with van der Waals surface area (Å²) in [7, 11) is -4.17. The van der Waals surface area contributed by atoms with Crippen molar-refractivity contribution in [3.8, 4) is 16.9 Å². The summed E-state index contributed by atoms with van der Waals surface area (Å²) >= 11 is 0. The minimum Gasteiger partial charge on any atom is -0.379 e. The van der Waals surface area contributed by atoms with Crippen LogP contribution in [-0.2, 0) is 23.2 Å². The van der Waals surface area contributed by atoms with Crippen molar-refractivity contribution in [2.75, 3.05) is 0 Å². The number of amides is 1. The van der Waals surface area contributed by atoms with Gasteiger partial charge in [0.05, 0.1) is 6.54 Å². The van der Waals surface area contributed by atoms with E-state index >= 15 is 0 Å². The lowest BCUT2D eigenvalue weighted by Crippen LogP contribution is -2.32. The Balaban J connectivity index is 1.29. The molecule has 0 saturated carbocycles. The molecule has 3 aromatic carbocycles. The van der Waals surface area contributed by atoms with Crippen LogP contribution in [0.4, 0.5) is 8.78 Å². The Morgan fingerprint density at radius 3 is 2.53 bits per heavy atom. The average molecular weight is 627 g/mol. The Morgan fingerprint density at radius 1 is 0.911 bits per heavy atom. The van der Waals surface area contributed by atoms with Crippen molar-refractivity contribution < 1.29 is 26.2 Å². The molecule has 45 heavy (non-hydrogen) atoms. The summed E-state index contributed by atoms with van der Waals surface area (Å²) in [6.45, 7) is -0.151. The molecule has 0 aliphatic carbocycles.